The molecule has 0 aliphatic carbocycles. The monoisotopic (exact) mass is 233 g/mol. The predicted molar refractivity (Wildman–Crippen MR) is 64.6 cm³/mol. The Bertz CT molecular complexity index is 401. The topological polar surface area (TPSA) is 50.1 Å². The Morgan fingerprint density at radius 1 is 1.31 bits per heavy atom. The number of nitriles is 1. The number of aldehydes is 1. The molecule has 1 rings (SSSR count). The Hall–Kier alpha value is -1.44. The summed E-state index contributed by atoms with van der Waals surface area (Å²) in [6, 6.07) is 9.05. The molecule has 3 nitrogen and oxygen atoms in total. The molecule has 1 atom stereocenters. The summed E-state index contributed by atoms with van der Waals surface area (Å²) in [7, 11) is -1.74. The zero-order valence-corrected chi connectivity index (χ0v) is 10.7. The molecular weight excluding hydrogens is 218 g/mol. The van der Waals surface area contributed by atoms with Crippen LogP contribution in [0.5, 0.6) is 0 Å². The number of nitrogens with zero attached hydrogens (tertiary/aromatic N) is 1. The van der Waals surface area contributed by atoms with Crippen LogP contribution in [0.15, 0.2) is 24.3 Å². The largest absolute Gasteiger partial charge is 0.399 e. The van der Waals surface area contributed by atoms with Crippen molar-refractivity contribution in [2.75, 3.05) is 0 Å². The first-order chi connectivity index (χ1) is 7.46. The van der Waals surface area contributed by atoms with Crippen LogP contribution >= 0.6 is 0 Å². The highest BCUT2D eigenvalue weighted by Gasteiger charge is 2.21. The van der Waals surface area contributed by atoms with Crippen LogP contribution in [0.1, 0.15) is 22.0 Å². The van der Waals surface area contributed by atoms with E-state index in [-0.39, 0.29) is 0 Å². The van der Waals surface area contributed by atoms with Gasteiger partial charge < -0.3 is 4.43 Å². The molecular formula is C12H15NO2Si. The van der Waals surface area contributed by atoms with Crippen LogP contribution < -0.4 is 0 Å². The van der Waals surface area contributed by atoms with Crippen molar-refractivity contribution in [1.29, 1.82) is 5.26 Å². The second kappa shape index (κ2) is 5.06. The van der Waals surface area contributed by atoms with Crippen LogP contribution in [0.4, 0.5) is 0 Å². The van der Waals surface area contributed by atoms with E-state index in [1.165, 1.54) is 0 Å². The summed E-state index contributed by atoms with van der Waals surface area (Å²) in [4.78, 5) is 10.5. The van der Waals surface area contributed by atoms with Gasteiger partial charge in [0.15, 0.2) is 14.4 Å². The zero-order chi connectivity index (χ0) is 12.2. The van der Waals surface area contributed by atoms with Crippen molar-refractivity contribution in [1.82, 2.24) is 0 Å². The summed E-state index contributed by atoms with van der Waals surface area (Å²) in [6.45, 7) is 6.12. The van der Waals surface area contributed by atoms with Crippen molar-refractivity contribution in [3.8, 4) is 6.07 Å². The lowest BCUT2D eigenvalue weighted by atomic mass is 10.1. The third-order valence-electron chi connectivity index (χ3n) is 1.96. The SMILES string of the molecule is C[Si](C)(C)OC(C#N)c1ccc(C=O)cc1. The van der Waals surface area contributed by atoms with Crippen LogP contribution in [0.25, 0.3) is 0 Å². The molecule has 0 saturated carbocycles. The fraction of sp³-hybridized carbons (Fsp3) is 0.333. The minimum atomic E-state index is -1.74. The molecule has 0 aliphatic heterocycles. The molecule has 0 spiro atoms. The van der Waals surface area contributed by atoms with E-state index in [2.05, 4.69) is 6.07 Å². The second-order valence-corrected chi connectivity index (χ2v) is 8.98. The molecule has 0 amide bonds. The molecule has 0 saturated heterocycles. The Kier molecular flexibility index (Phi) is 3.99. The highest BCUT2D eigenvalue weighted by Crippen LogP contribution is 2.21. The van der Waals surface area contributed by atoms with Crippen LogP contribution in [0.2, 0.25) is 19.6 Å². The lowest BCUT2D eigenvalue weighted by molar-refractivity contribution is 0.112. The average molecular weight is 233 g/mol. The molecule has 1 aromatic rings. The third kappa shape index (κ3) is 3.61. The highest BCUT2D eigenvalue weighted by atomic mass is 28.4. The third-order valence-corrected chi connectivity index (χ3v) is 2.91. The van der Waals surface area contributed by atoms with Gasteiger partial charge in [0.25, 0.3) is 0 Å². The van der Waals surface area contributed by atoms with E-state index in [9.17, 15) is 4.79 Å². The maximum absolute atomic E-state index is 10.5. The predicted octanol–water partition coefficient (Wildman–Crippen LogP) is 2.92. The van der Waals surface area contributed by atoms with Gasteiger partial charge >= 0.3 is 0 Å². The van der Waals surface area contributed by atoms with Crippen molar-refractivity contribution in [2.45, 2.75) is 25.7 Å². The molecule has 0 aromatic heterocycles. The maximum Gasteiger partial charge on any atom is 0.186 e. The van der Waals surface area contributed by atoms with Gasteiger partial charge in [-0.25, -0.2) is 0 Å². The number of rotatable bonds is 4. The average Bonchev–Trinajstić information content (AvgIpc) is 2.25. The van der Waals surface area contributed by atoms with Crippen LogP contribution in [0.3, 0.4) is 0 Å². The summed E-state index contributed by atoms with van der Waals surface area (Å²) < 4.78 is 5.74. The quantitative estimate of drug-likeness (QED) is 0.593. The Labute approximate surface area is 96.8 Å². The standard InChI is InChI=1S/C12H15NO2Si/c1-16(2,3)15-12(8-13)11-6-4-10(9-14)5-7-11/h4-7,9,12H,1-3H3. The van der Waals surface area contributed by atoms with Gasteiger partial charge in [0.1, 0.15) is 6.29 Å². The first-order valence-electron chi connectivity index (χ1n) is 5.09. The van der Waals surface area contributed by atoms with E-state index in [1.807, 2.05) is 19.6 Å². The minimum Gasteiger partial charge on any atom is -0.399 e. The molecule has 1 aromatic carbocycles. The number of hydrogen-bond acceptors (Lipinski definition) is 3. The summed E-state index contributed by atoms with van der Waals surface area (Å²) >= 11 is 0. The number of carbonyl (C=O) groups is 1. The first kappa shape index (κ1) is 12.6. The number of carbonyl (C=O) groups excluding carboxylic acids is 1. The summed E-state index contributed by atoms with van der Waals surface area (Å²) in [6.07, 6.45) is 0.247. The van der Waals surface area contributed by atoms with Gasteiger partial charge in [-0.05, 0) is 25.2 Å². The Balaban J connectivity index is 2.88. The van der Waals surface area contributed by atoms with Crippen LogP contribution in [-0.4, -0.2) is 14.6 Å². The fourth-order valence-electron chi connectivity index (χ4n) is 1.27. The van der Waals surface area contributed by atoms with E-state index in [0.717, 1.165) is 11.8 Å². The minimum absolute atomic E-state index is 0.535. The fourth-order valence-corrected chi connectivity index (χ4v) is 2.17. The Morgan fingerprint density at radius 2 is 1.88 bits per heavy atom. The van der Waals surface area contributed by atoms with Crippen LogP contribution in [0, 0.1) is 11.3 Å². The number of benzene rings is 1. The van der Waals surface area contributed by atoms with Crippen molar-refractivity contribution in [2.24, 2.45) is 0 Å². The molecule has 0 aliphatic rings. The molecule has 0 radical (unpaired) electrons. The van der Waals surface area contributed by atoms with Gasteiger partial charge in [-0.3, -0.25) is 4.79 Å². The molecule has 0 N–H and O–H groups in total. The summed E-state index contributed by atoms with van der Waals surface area (Å²) in [5, 5.41) is 9.05. The van der Waals surface area contributed by atoms with E-state index < -0.39 is 14.4 Å². The second-order valence-electron chi connectivity index (χ2n) is 4.52. The zero-order valence-electron chi connectivity index (χ0n) is 9.73. The number of hydrogen-bond donors (Lipinski definition) is 0. The van der Waals surface area contributed by atoms with Crippen molar-refractivity contribution in [3.63, 3.8) is 0 Å². The normalized spacial score (nSPS) is 12.9. The molecule has 1 unspecified atom stereocenters. The lowest BCUT2D eigenvalue weighted by Gasteiger charge is -2.21. The van der Waals surface area contributed by atoms with Crippen LogP contribution in [-0.2, 0) is 4.43 Å². The van der Waals surface area contributed by atoms with E-state index in [4.69, 9.17) is 9.69 Å². The van der Waals surface area contributed by atoms with Gasteiger partial charge in [-0.1, -0.05) is 24.3 Å². The van der Waals surface area contributed by atoms with E-state index >= 15 is 0 Å². The maximum atomic E-state index is 10.5. The molecule has 4 heteroatoms. The smallest absolute Gasteiger partial charge is 0.186 e. The van der Waals surface area contributed by atoms with Gasteiger partial charge in [-0.15, -0.1) is 0 Å². The van der Waals surface area contributed by atoms with Crippen molar-refractivity contribution < 1.29 is 9.22 Å². The molecule has 0 bridgehead atoms. The van der Waals surface area contributed by atoms with Gasteiger partial charge in [0, 0.05) is 5.56 Å². The molecule has 0 fully saturated rings. The molecule has 84 valence electrons. The van der Waals surface area contributed by atoms with E-state index in [0.29, 0.717) is 5.56 Å². The van der Waals surface area contributed by atoms with Crippen molar-refractivity contribution >= 4 is 14.6 Å². The van der Waals surface area contributed by atoms with Gasteiger partial charge in [0.05, 0.1) is 6.07 Å². The van der Waals surface area contributed by atoms with Gasteiger partial charge in [-0.2, -0.15) is 5.26 Å². The summed E-state index contributed by atoms with van der Waals surface area (Å²) in [5.74, 6) is 0. The summed E-state index contributed by atoms with van der Waals surface area (Å²) in [5.41, 5.74) is 1.41. The highest BCUT2D eigenvalue weighted by molar-refractivity contribution is 6.69. The first-order valence-corrected chi connectivity index (χ1v) is 8.49. The van der Waals surface area contributed by atoms with E-state index in [1.54, 1.807) is 24.3 Å². The molecule has 0 heterocycles. The van der Waals surface area contributed by atoms with Gasteiger partial charge in [0.2, 0.25) is 0 Å². The van der Waals surface area contributed by atoms with Crippen molar-refractivity contribution in [3.05, 3.63) is 35.4 Å². The molecule has 16 heavy (non-hydrogen) atoms. The lowest BCUT2D eigenvalue weighted by Crippen LogP contribution is -2.27. The Morgan fingerprint density at radius 3 is 2.25 bits per heavy atom.